The Kier molecular flexibility index (Phi) is 10.7. The summed E-state index contributed by atoms with van der Waals surface area (Å²) in [5.41, 5.74) is 6.34. The van der Waals surface area contributed by atoms with Crippen molar-refractivity contribution in [3.8, 4) is 0 Å². The van der Waals surface area contributed by atoms with Crippen LogP contribution in [0.15, 0.2) is 61.4 Å². The third-order valence-electron chi connectivity index (χ3n) is 3.41. The summed E-state index contributed by atoms with van der Waals surface area (Å²) in [7, 11) is 0. The normalized spacial score (nSPS) is 8.71. The molecule has 0 atom stereocenters. The van der Waals surface area contributed by atoms with Crippen LogP contribution >= 0.6 is 0 Å². The first-order chi connectivity index (χ1) is 11.0. The van der Waals surface area contributed by atoms with Crippen LogP contribution in [0.2, 0.25) is 0 Å². The molecule has 0 aliphatic carbocycles. The molecule has 0 aliphatic rings. The predicted octanol–water partition coefficient (Wildman–Crippen LogP) is 5.42. The highest BCUT2D eigenvalue weighted by atomic mass is 14.6. The van der Waals surface area contributed by atoms with E-state index in [-0.39, 0.29) is 7.43 Å². The van der Waals surface area contributed by atoms with E-state index in [9.17, 15) is 0 Å². The van der Waals surface area contributed by atoms with E-state index in [1.165, 1.54) is 27.8 Å². The first-order valence-electron chi connectivity index (χ1n) is 7.61. The molecule has 0 fully saturated rings. The molecule has 3 heterocycles. The lowest BCUT2D eigenvalue weighted by Crippen LogP contribution is -1.78. The summed E-state index contributed by atoms with van der Waals surface area (Å²) >= 11 is 0. The zero-order chi connectivity index (χ0) is 17.1. The van der Waals surface area contributed by atoms with Crippen molar-refractivity contribution in [3.63, 3.8) is 0 Å². The Hall–Kier alpha value is -2.55. The van der Waals surface area contributed by atoms with Gasteiger partial charge in [0.25, 0.3) is 0 Å². The Morgan fingerprint density at radius 3 is 1.21 bits per heavy atom. The summed E-state index contributed by atoms with van der Waals surface area (Å²) in [4.78, 5) is 11.8. The average molecular weight is 323 g/mol. The fraction of sp³-hybridized carbons (Fsp3) is 0.286. The van der Waals surface area contributed by atoms with Crippen molar-refractivity contribution in [2.45, 2.75) is 42.0 Å². The molecule has 0 saturated carbocycles. The van der Waals surface area contributed by atoms with Crippen LogP contribution in [0.25, 0.3) is 0 Å². The second-order valence-electron chi connectivity index (χ2n) is 5.45. The molecule has 0 aromatic carbocycles. The minimum Gasteiger partial charge on any atom is -0.264 e. The second kappa shape index (κ2) is 11.9. The maximum absolute atomic E-state index is 3.95. The van der Waals surface area contributed by atoms with Crippen LogP contribution in [-0.2, 0) is 0 Å². The summed E-state index contributed by atoms with van der Waals surface area (Å²) in [6.45, 7) is 10.3. The number of pyridine rings is 3. The van der Waals surface area contributed by atoms with Crippen molar-refractivity contribution in [2.24, 2.45) is 0 Å². The van der Waals surface area contributed by atoms with Gasteiger partial charge in [0.05, 0.1) is 0 Å². The maximum Gasteiger partial charge on any atom is 0.0299 e. The predicted molar refractivity (Wildman–Crippen MR) is 103 cm³/mol. The maximum atomic E-state index is 3.95. The van der Waals surface area contributed by atoms with Crippen molar-refractivity contribution >= 4 is 0 Å². The molecule has 3 nitrogen and oxygen atoms in total. The highest BCUT2D eigenvalue weighted by molar-refractivity contribution is 5.19. The molecule has 0 saturated heterocycles. The third-order valence-corrected chi connectivity index (χ3v) is 3.41. The van der Waals surface area contributed by atoms with Gasteiger partial charge in [0.15, 0.2) is 0 Å². The van der Waals surface area contributed by atoms with Gasteiger partial charge >= 0.3 is 0 Å². The van der Waals surface area contributed by atoms with Crippen LogP contribution < -0.4 is 0 Å². The van der Waals surface area contributed by atoms with Crippen LogP contribution in [0.5, 0.6) is 0 Å². The molecular formula is C21H29N3. The van der Waals surface area contributed by atoms with Gasteiger partial charge < -0.3 is 0 Å². The standard InChI is InChI=1S/2C7H9N.C6H7N.CH4/c2*1-6-3-4-8-5-7(6)2;1-6-3-2-4-7-5-6;/h2*3-5H,1-2H3;2-5H,1H3;1H4. The van der Waals surface area contributed by atoms with Crippen molar-refractivity contribution < 1.29 is 0 Å². The van der Waals surface area contributed by atoms with Gasteiger partial charge in [-0.1, -0.05) is 13.5 Å². The largest absolute Gasteiger partial charge is 0.264 e. The summed E-state index contributed by atoms with van der Waals surface area (Å²) in [6.07, 6.45) is 11.0. The summed E-state index contributed by atoms with van der Waals surface area (Å²) < 4.78 is 0. The minimum atomic E-state index is 0. The molecule has 0 bridgehead atoms. The first kappa shape index (κ1) is 21.4. The van der Waals surface area contributed by atoms with Gasteiger partial charge in [-0.2, -0.15) is 0 Å². The molecule has 0 spiro atoms. The number of hydrogen-bond acceptors (Lipinski definition) is 3. The Labute approximate surface area is 146 Å². The Bertz CT molecular complexity index is 609. The Morgan fingerprint density at radius 2 is 1.00 bits per heavy atom. The van der Waals surface area contributed by atoms with Crippen molar-refractivity contribution in [3.05, 3.63) is 89.3 Å². The van der Waals surface area contributed by atoms with E-state index in [0.717, 1.165) is 0 Å². The first-order valence-corrected chi connectivity index (χ1v) is 7.61. The number of aryl methyl sites for hydroxylation is 5. The van der Waals surface area contributed by atoms with Gasteiger partial charge in [0, 0.05) is 37.2 Å². The second-order valence-corrected chi connectivity index (χ2v) is 5.45. The zero-order valence-electron chi connectivity index (χ0n) is 14.6. The van der Waals surface area contributed by atoms with Gasteiger partial charge in [-0.25, -0.2) is 0 Å². The molecule has 24 heavy (non-hydrogen) atoms. The number of nitrogens with zero attached hydrogens (tertiary/aromatic N) is 3. The lowest BCUT2D eigenvalue weighted by atomic mass is 10.2. The van der Waals surface area contributed by atoms with Gasteiger partial charge in [-0.15, -0.1) is 0 Å². The van der Waals surface area contributed by atoms with E-state index >= 15 is 0 Å². The fourth-order valence-corrected chi connectivity index (χ4v) is 1.53. The van der Waals surface area contributed by atoms with Crippen LogP contribution in [0, 0.1) is 34.6 Å². The lowest BCUT2D eigenvalue weighted by molar-refractivity contribution is 1.22. The van der Waals surface area contributed by atoms with E-state index in [2.05, 4.69) is 42.6 Å². The van der Waals surface area contributed by atoms with E-state index in [0.29, 0.717) is 0 Å². The molecule has 128 valence electrons. The van der Waals surface area contributed by atoms with Gasteiger partial charge in [0.2, 0.25) is 0 Å². The van der Waals surface area contributed by atoms with Gasteiger partial charge in [-0.05, 0) is 80.6 Å². The van der Waals surface area contributed by atoms with Crippen molar-refractivity contribution in [1.82, 2.24) is 15.0 Å². The molecule has 0 radical (unpaired) electrons. The monoisotopic (exact) mass is 323 g/mol. The molecule has 3 aromatic rings. The van der Waals surface area contributed by atoms with E-state index in [4.69, 9.17) is 0 Å². The molecule has 0 unspecified atom stereocenters. The summed E-state index contributed by atoms with van der Waals surface area (Å²) in [6, 6.07) is 7.97. The lowest BCUT2D eigenvalue weighted by Gasteiger charge is -1.92. The molecule has 0 N–H and O–H groups in total. The van der Waals surface area contributed by atoms with Crippen LogP contribution in [0.3, 0.4) is 0 Å². The third kappa shape index (κ3) is 8.79. The minimum absolute atomic E-state index is 0. The van der Waals surface area contributed by atoms with Crippen molar-refractivity contribution in [1.29, 1.82) is 0 Å². The number of rotatable bonds is 0. The molecular weight excluding hydrogens is 294 g/mol. The average Bonchev–Trinajstić information content (AvgIpc) is 2.55. The molecule has 3 heteroatoms. The van der Waals surface area contributed by atoms with Crippen LogP contribution in [0.4, 0.5) is 0 Å². The zero-order valence-corrected chi connectivity index (χ0v) is 14.6. The molecule has 3 rings (SSSR count). The van der Waals surface area contributed by atoms with E-state index < -0.39 is 0 Å². The number of hydrogen-bond donors (Lipinski definition) is 0. The topological polar surface area (TPSA) is 38.7 Å². The summed E-state index contributed by atoms with van der Waals surface area (Å²) in [5, 5.41) is 0. The highest BCUT2D eigenvalue weighted by Crippen LogP contribution is 2.00. The summed E-state index contributed by atoms with van der Waals surface area (Å²) in [5.74, 6) is 0. The molecule has 0 amide bonds. The smallest absolute Gasteiger partial charge is 0.0299 e. The van der Waals surface area contributed by atoms with Crippen LogP contribution in [0.1, 0.15) is 35.2 Å². The van der Waals surface area contributed by atoms with E-state index in [1.807, 2.05) is 62.2 Å². The highest BCUT2D eigenvalue weighted by Gasteiger charge is 1.85. The SMILES string of the molecule is C.Cc1cccnc1.Cc1ccncc1C.Cc1ccncc1C. The fourth-order valence-electron chi connectivity index (χ4n) is 1.53. The van der Waals surface area contributed by atoms with Crippen LogP contribution in [-0.4, -0.2) is 15.0 Å². The van der Waals surface area contributed by atoms with E-state index in [1.54, 1.807) is 6.20 Å². The molecule has 0 aliphatic heterocycles. The Morgan fingerprint density at radius 1 is 0.542 bits per heavy atom. The molecule has 3 aromatic heterocycles. The number of aromatic nitrogens is 3. The van der Waals surface area contributed by atoms with Gasteiger partial charge in [0.1, 0.15) is 0 Å². The quantitative estimate of drug-likeness (QED) is 0.554. The van der Waals surface area contributed by atoms with Crippen molar-refractivity contribution in [2.75, 3.05) is 0 Å². The van der Waals surface area contributed by atoms with Gasteiger partial charge in [-0.3, -0.25) is 15.0 Å². The Balaban J connectivity index is 0.000000325.